The highest BCUT2D eigenvalue weighted by Gasteiger charge is 2.22. The largest absolute Gasteiger partial charge is 0.369 e. The van der Waals surface area contributed by atoms with Gasteiger partial charge in [-0.2, -0.15) is 0 Å². The van der Waals surface area contributed by atoms with E-state index in [1.165, 1.54) is 24.6 Å². The van der Waals surface area contributed by atoms with Crippen LogP contribution in [-0.4, -0.2) is 22.7 Å². The van der Waals surface area contributed by atoms with Crippen molar-refractivity contribution >= 4 is 28.5 Å². The van der Waals surface area contributed by atoms with Crippen LogP contribution >= 0.6 is 0 Å². The Labute approximate surface area is 165 Å². The molecule has 0 unspecified atom stereocenters. The van der Waals surface area contributed by atoms with Gasteiger partial charge in [-0.3, -0.25) is 4.99 Å². The molecule has 1 aliphatic rings. The van der Waals surface area contributed by atoms with E-state index in [9.17, 15) is 0 Å². The van der Waals surface area contributed by atoms with Gasteiger partial charge >= 0.3 is 0 Å². The summed E-state index contributed by atoms with van der Waals surface area (Å²) in [5, 5.41) is 4.66. The summed E-state index contributed by atoms with van der Waals surface area (Å²) in [6, 6.07) is 16.6. The summed E-state index contributed by atoms with van der Waals surface area (Å²) in [6.07, 6.45) is 7.82. The number of hydrogen-bond donors (Lipinski definition) is 1. The van der Waals surface area contributed by atoms with Crippen molar-refractivity contribution in [2.45, 2.75) is 19.8 Å². The number of nitrogens with one attached hydrogen (secondary N) is 1. The molecule has 0 atom stereocenters. The maximum Gasteiger partial charge on any atom is 0.163 e. The van der Waals surface area contributed by atoms with E-state index in [4.69, 9.17) is 9.97 Å². The molecule has 0 radical (unpaired) electrons. The van der Waals surface area contributed by atoms with E-state index >= 15 is 0 Å². The first-order valence-corrected chi connectivity index (χ1v) is 9.71. The van der Waals surface area contributed by atoms with E-state index in [2.05, 4.69) is 53.3 Å². The van der Waals surface area contributed by atoms with Crippen LogP contribution in [-0.2, 0) is 0 Å². The van der Waals surface area contributed by atoms with Gasteiger partial charge in [-0.25, -0.2) is 9.97 Å². The SMILES string of the molecule is C=C/N=C\C(=C/C)c1nc(NCC2CC2)c2c(-c3ccccc3)cccc2n1. The van der Waals surface area contributed by atoms with Crippen molar-refractivity contribution in [1.82, 2.24) is 9.97 Å². The maximum absolute atomic E-state index is 4.89. The molecule has 2 aromatic carbocycles. The molecule has 0 aliphatic heterocycles. The quantitative estimate of drug-likeness (QED) is 0.541. The van der Waals surface area contributed by atoms with E-state index in [1.54, 1.807) is 6.21 Å². The number of fused-ring (bicyclic) bond motifs is 1. The van der Waals surface area contributed by atoms with Crippen LogP contribution in [0.25, 0.3) is 27.6 Å². The number of aliphatic imine (C=N–C) groups is 1. The number of aromatic nitrogens is 2. The first kappa shape index (κ1) is 18.1. The van der Waals surface area contributed by atoms with Crippen LogP contribution in [0.3, 0.4) is 0 Å². The molecule has 3 aromatic rings. The minimum Gasteiger partial charge on any atom is -0.369 e. The first-order valence-electron chi connectivity index (χ1n) is 9.71. The van der Waals surface area contributed by atoms with Crippen molar-refractivity contribution in [3.63, 3.8) is 0 Å². The maximum atomic E-state index is 4.89. The predicted molar refractivity (Wildman–Crippen MR) is 119 cm³/mol. The van der Waals surface area contributed by atoms with Crippen molar-refractivity contribution in [2.75, 3.05) is 11.9 Å². The van der Waals surface area contributed by atoms with Crippen molar-refractivity contribution in [2.24, 2.45) is 10.9 Å². The van der Waals surface area contributed by atoms with Crippen LogP contribution in [0.15, 0.2) is 72.4 Å². The standard InChI is InChI=1S/C24H24N4/c1-3-18(16-25-4-2)23-27-21-12-8-11-20(19-9-6-5-7-10-19)22(21)24(28-23)26-15-17-13-14-17/h3-12,16-17H,2,13-15H2,1H3,(H,26,27,28)/b18-3+,25-16-. The molecule has 4 heteroatoms. The zero-order chi connectivity index (χ0) is 19.3. The molecule has 28 heavy (non-hydrogen) atoms. The summed E-state index contributed by atoms with van der Waals surface area (Å²) < 4.78 is 0. The Bertz CT molecular complexity index is 1050. The highest BCUT2D eigenvalue weighted by Crippen LogP contribution is 2.34. The van der Waals surface area contributed by atoms with Gasteiger partial charge in [-0.15, -0.1) is 0 Å². The van der Waals surface area contributed by atoms with Gasteiger partial charge in [0.05, 0.1) is 10.9 Å². The van der Waals surface area contributed by atoms with Crippen LogP contribution in [0.1, 0.15) is 25.6 Å². The Hall–Kier alpha value is -3.27. The summed E-state index contributed by atoms with van der Waals surface area (Å²) in [4.78, 5) is 13.9. The zero-order valence-electron chi connectivity index (χ0n) is 16.1. The minimum atomic E-state index is 0.670. The van der Waals surface area contributed by atoms with E-state index in [0.29, 0.717) is 5.82 Å². The number of nitrogens with zero attached hydrogens (tertiary/aromatic N) is 3. The fraction of sp³-hybridized carbons (Fsp3) is 0.208. The second kappa shape index (κ2) is 8.17. The molecule has 0 amide bonds. The second-order valence-electron chi connectivity index (χ2n) is 6.99. The molecule has 140 valence electrons. The molecule has 4 rings (SSSR count). The van der Waals surface area contributed by atoms with Crippen molar-refractivity contribution < 1.29 is 0 Å². The lowest BCUT2D eigenvalue weighted by atomic mass is 10.0. The minimum absolute atomic E-state index is 0.670. The summed E-state index contributed by atoms with van der Waals surface area (Å²) in [7, 11) is 0. The van der Waals surface area contributed by atoms with Crippen LogP contribution in [0.4, 0.5) is 5.82 Å². The number of allylic oxidation sites excluding steroid dienone is 2. The molecule has 1 aromatic heterocycles. The Morgan fingerprint density at radius 3 is 2.68 bits per heavy atom. The van der Waals surface area contributed by atoms with Crippen molar-refractivity contribution in [3.05, 3.63) is 73.2 Å². The lowest BCUT2D eigenvalue weighted by Gasteiger charge is -2.14. The molecule has 4 nitrogen and oxygen atoms in total. The predicted octanol–water partition coefficient (Wildman–Crippen LogP) is 5.74. The fourth-order valence-electron chi connectivity index (χ4n) is 3.26. The lowest BCUT2D eigenvalue weighted by molar-refractivity contribution is 0.883. The number of benzene rings is 2. The van der Waals surface area contributed by atoms with Gasteiger partial charge in [0.1, 0.15) is 5.82 Å². The molecule has 0 bridgehead atoms. The first-order chi connectivity index (χ1) is 13.8. The Morgan fingerprint density at radius 2 is 1.96 bits per heavy atom. The van der Waals surface area contributed by atoms with Crippen LogP contribution < -0.4 is 5.32 Å². The molecule has 0 saturated heterocycles. The van der Waals surface area contributed by atoms with E-state index in [0.717, 1.165) is 40.3 Å². The molecule has 1 aliphatic carbocycles. The van der Waals surface area contributed by atoms with Gasteiger partial charge in [-0.1, -0.05) is 55.1 Å². The molecule has 1 heterocycles. The monoisotopic (exact) mass is 368 g/mol. The van der Waals surface area contributed by atoms with Gasteiger partial charge in [0.2, 0.25) is 0 Å². The Kier molecular flexibility index (Phi) is 5.29. The van der Waals surface area contributed by atoms with E-state index < -0.39 is 0 Å². The van der Waals surface area contributed by atoms with Gasteiger partial charge < -0.3 is 5.32 Å². The van der Waals surface area contributed by atoms with Crippen LogP contribution in [0.2, 0.25) is 0 Å². The molecule has 1 fully saturated rings. The average Bonchev–Trinajstić information content (AvgIpc) is 3.57. The summed E-state index contributed by atoms with van der Waals surface area (Å²) in [5.41, 5.74) is 4.11. The Morgan fingerprint density at radius 1 is 1.14 bits per heavy atom. The van der Waals surface area contributed by atoms with E-state index in [1.807, 2.05) is 25.1 Å². The fourth-order valence-corrected chi connectivity index (χ4v) is 3.26. The number of hydrogen-bond acceptors (Lipinski definition) is 4. The summed E-state index contributed by atoms with van der Waals surface area (Å²) in [5.74, 6) is 2.31. The van der Waals surface area contributed by atoms with Gasteiger partial charge in [-0.05, 0) is 42.9 Å². The Balaban J connectivity index is 1.89. The molecular formula is C24H24N4. The van der Waals surface area contributed by atoms with Gasteiger partial charge in [0.15, 0.2) is 5.82 Å². The van der Waals surface area contributed by atoms with Crippen molar-refractivity contribution in [1.29, 1.82) is 0 Å². The molecule has 1 N–H and O–H groups in total. The topological polar surface area (TPSA) is 50.2 Å². The van der Waals surface area contributed by atoms with E-state index in [-0.39, 0.29) is 0 Å². The molecular weight excluding hydrogens is 344 g/mol. The summed E-state index contributed by atoms with van der Waals surface area (Å²) in [6.45, 7) is 6.56. The van der Waals surface area contributed by atoms with Crippen LogP contribution in [0.5, 0.6) is 0 Å². The highest BCUT2D eigenvalue weighted by molar-refractivity contribution is 6.10. The normalized spacial score (nSPS) is 14.5. The molecule has 0 spiro atoms. The van der Waals surface area contributed by atoms with Gasteiger partial charge in [0.25, 0.3) is 0 Å². The number of anilines is 1. The third-order valence-electron chi connectivity index (χ3n) is 4.95. The zero-order valence-corrected chi connectivity index (χ0v) is 16.1. The smallest absolute Gasteiger partial charge is 0.163 e. The van der Waals surface area contributed by atoms with Crippen LogP contribution in [0, 0.1) is 5.92 Å². The third-order valence-corrected chi connectivity index (χ3v) is 4.95. The molecule has 1 saturated carbocycles. The average molecular weight is 368 g/mol. The highest BCUT2D eigenvalue weighted by atomic mass is 15.0. The third kappa shape index (κ3) is 3.86. The van der Waals surface area contributed by atoms with Crippen molar-refractivity contribution in [3.8, 4) is 11.1 Å². The number of rotatable bonds is 7. The van der Waals surface area contributed by atoms with Gasteiger partial charge in [0, 0.05) is 24.5 Å². The summed E-state index contributed by atoms with van der Waals surface area (Å²) >= 11 is 0. The lowest BCUT2D eigenvalue weighted by Crippen LogP contribution is -2.09. The second-order valence-corrected chi connectivity index (χ2v) is 6.99.